The zero-order valence-corrected chi connectivity index (χ0v) is 8.35. The molecule has 0 bridgehead atoms. The largest absolute Gasteiger partial charge is 0.475 e. The molecule has 0 spiro atoms. The van der Waals surface area contributed by atoms with Gasteiger partial charge in [-0.1, -0.05) is 0 Å². The van der Waals surface area contributed by atoms with Crippen LogP contribution in [0.15, 0.2) is 22.9 Å². The highest BCUT2D eigenvalue weighted by Gasteiger charge is 2.20. The number of fused-ring (bicyclic) bond motifs is 1. The Kier molecular flexibility index (Phi) is 2.32. The highest BCUT2D eigenvalue weighted by atomic mass is 16.4. The number of nitrogens with zero attached hydrogens (tertiary/aromatic N) is 1. The molecule has 0 saturated heterocycles. The summed E-state index contributed by atoms with van der Waals surface area (Å²) in [5, 5.41) is 11.8. The second-order valence-electron chi connectivity index (χ2n) is 3.16. The molecule has 0 saturated carbocycles. The number of aromatic carboxylic acids is 1. The van der Waals surface area contributed by atoms with Gasteiger partial charge in [0.1, 0.15) is 11.3 Å². The summed E-state index contributed by atoms with van der Waals surface area (Å²) in [5.41, 5.74) is 0.513. The van der Waals surface area contributed by atoms with Crippen LogP contribution in [0.5, 0.6) is 0 Å². The fourth-order valence-corrected chi connectivity index (χ4v) is 1.39. The summed E-state index contributed by atoms with van der Waals surface area (Å²) in [7, 11) is 0. The Hall–Kier alpha value is -2.37. The van der Waals surface area contributed by atoms with Crippen LogP contribution in [0.25, 0.3) is 11.0 Å². The fourth-order valence-electron chi connectivity index (χ4n) is 1.39. The molecule has 2 aromatic heterocycles. The predicted molar refractivity (Wildman–Crippen MR) is 55.3 cm³/mol. The third kappa shape index (κ3) is 1.60. The lowest BCUT2D eigenvalue weighted by atomic mass is 10.2. The molecule has 0 fully saturated rings. The Balaban J connectivity index is 2.69. The van der Waals surface area contributed by atoms with Gasteiger partial charge in [0.15, 0.2) is 0 Å². The Morgan fingerprint density at radius 1 is 1.50 bits per heavy atom. The van der Waals surface area contributed by atoms with Gasteiger partial charge in [-0.2, -0.15) is 0 Å². The number of carbonyl (C=O) groups excluding carboxylic acids is 1. The van der Waals surface area contributed by atoms with Crippen LogP contribution in [0.3, 0.4) is 0 Å². The second-order valence-corrected chi connectivity index (χ2v) is 3.16. The maximum absolute atomic E-state index is 11.0. The van der Waals surface area contributed by atoms with E-state index < -0.39 is 5.97 Å². The molecule has 0 unspecified atom stereocenters. The zero-order valence-electron chi connectivity index (χ0n) is 8.35. The number of hydrogen-bond donors (Lipinski definition) is 2. The SMILES string of the molecule is CC(=O)Nc1c(C(=O)O)oc2ccncc12. The lowest BCUT2D eigenvalue weighted by molar-refractivity contribution is -0.114. The van der Waals surface area contributed by atoms with E-state index in [2.05, 4.69) is 10.3 Å². The average Bonchev–Trinajstić information content (AvgIpc) is 2.57. The van der Waals surface area contributed by atoms with Crippen molar-refractivity contribution in [2.24, 2.45) is 0 Å². The van der Waals surface area contributed by atoms with E-state index in [1.807, 2.05) is 0 Å². The number of carbonyl (C=O) groups is 2. The van der Waals surface area contributed by atoms with Gasteiger partial charge in [0.2, 0.25) is 11.7 Å². The van der Waals surface area contributed by atoms with Gasteiger partial charge in [-0.3, -0.25) is 9.78 Å². The quantitative estimate of drug-likeness (QED) is 0.799. The number of furan rings is 1. The van der Waals surface area contributed by atoms with E-state index in [-0.39, 0.29) is 17.4 Å². The van der Waals surface area contributed by atoms with Crippen molar-refractivity contribution in [3.63, 3.8) is 0 Å². The van der Waals surface area contributed by atoms with Crippen LogP contribution in [0.4, 0.5) is 5.69 Å². The van der Waals surface area contributed by atoms with Crippen LogP contribution in [-0.2, 0) is 4.79 Å². The van der Waals surface area contributed by atoms with E-state index in [4.69, 9.17) is 9.52 Å². The van der Waals surface area contributed by atoms with Crippen LogP contribution in [0, 0.1) is 0 Å². The number of nitrogens with one attached hydrogen (secondary N) is 1. The molecule has 2 aromatic rings. The highest BCUT2D eigenvalue weighted by molar-refractivity contribution is 6.08. The number of carboxylic acid groups (broad SMARTS) is 1. The first-order chi connectivity index (χ1) is 7.59. The Labute approximate surface area is 89.9 Å². The van der Waals surface area contributed by atoms with Crippen LogP contribution in [-0.4, -0.2) is 22.0 Å². The standard InChI is InChI=1S/C10H8N2O4/c1-5(13)12-8-6-4-11-3-2-7(6)16-9(8)10(14)15/h2-4H,1H3,(H,12,13)(H,14,15). The first-order valence-corrected chi connectivity index (χ1v) is 4.47. The third-order valence-electron chi connectivity index (χ3n) is 1.98. The summed E-state index contributed by atoms with van der Waals surface area (Å²) < 4.78 is 5.11. The molecule has 2 N–H and O–H groups in total. The van der Waals surface area contributed by atoms with Gasteiger partial charge in [-0.15, -0.1) is 0 Å². The van der Waals surface area contributed by atoms with Gasteiger partial charge in [-0.25, -0.2) is 4.79 Å². The molecule has 6 heteroatoms. The van der Waals surface area contributed by atoms with Crippen molar-refractivity contribution in [2.45, 2.75) is 6.92 Å². The van der Waals surface area contributed by atoms with E-state index in [0.717, 1.165) is 0 Å². The molecule has 0 aliphatic heterocycles. The maximum atomic E-state index is 11.0. The Morgan fingerprint density at radius 2 is 2.25 bits per heavy atom. The first kappa shape index (κ1) is 10.2. The molecule has 2 heterocycles. The van der Waals surface area contributed by atoms with Gasteiger partial charge in [0.05, 0.1) is 5.39 Å². The molecule has 0 aromatic carbocycles. The Bertz CT molecular complexity index is 573. The van der Waals surface area contributed by atoms with Gasteiger partial charge in [-0.05, 0) is 6.07 Å². The summed E-state index contributed by atoms with van der Waals surface area (Å²) >= 11 is 0. The number of aromatic nitrogens is 1. The lowest BCUT2D eigenvalue weighted by Gasteiger charge is -1.99. The molecule has 0 radical (unpaired) electrons. The van der Waals surface area contributed by atoms with E-state index in [1.54, 1.807) is 0 Å². The molecule has 82 valence electrons. The molecule has 6 nitrogen and oxygen atoms in total. The van der Waals surface area contributed by atoms with Crippen molar-refractivity contribution < 1.29 is 19.1 Å². The number of amides is 1. The van der Waals surface area contributed by atoms with E-state index in [9.17, 15) is 9.59 Å². The molecular formula is C10H8N2O4. The number of pyridine rings is 1. The summed E-state index contributed by atoms with van der Waals surface area (Å²) in [6, 6.07) is 1.53. The van der Waals surface area contributed by atoms with Crippen molar-refractivity contribution in [3.8, 4) is 0 Å². The molecule has 0 aliphatic carbocycles. The lowest BCUT2D eigenvalue weighted by Crippen LogP contribution is -2.09. The van der Waals surface area contributed by atoms with Crippen LogP contribution in [0.1, 0.15) is 17.5 Å². The van der Waals surface area contributed by atoms with Crippen molar-refractivity contribution in [1.29, 1.82) is 0 Å². The predicted octanol–water partition coefficient (Wildman–Crippen LogP) is 1.48. The fraction of sp³-hybridized carbons (Fsp3) is 0.100. The average molecular weight is 220 g/mol. The zero-order chi connectivity index (χ0) is 11.7. The minimum atomic E-state index is -1.24. The minimum Gasteiger partial charge on any atom is -0.475 e. The summed E-state index contributed by atoms with van der Waals surface area (Å²) in [4.78, 5) is 25.7. The first-order valence-electron chi connectivity index (χ1n) is 4.47. The van der Waals surface area contributed by atoms with E-state index in [0.29, 0.717) is 11.0 Å². The van der Waals surface area contributed by atoms with Gasteiger partial charge in [0.25, 0.3) is 0 Å². The highest BCUT2D eigenvalue weighted by Crippen LogP contribution is 2.29. The van der Waals surface area contributed by atoms with Crippen molar-refractivity contribution in [3.05, 3.63) is 24.2 Å². The maximum Gasteiger partial charge on any atom is 0.374 e. The van der Waals surface area contributed by atoms with Crippen molar-refractivity contribution >= 4 is 28.5 Å². The molecule has 2 rings (SSSR count). The molecule has 0 atom stereocenters. The molecule has 1 amide bonds. The summed E-state index contributed by atoms with van der Waals surface area (Å²) in [6.45, 7) is 1.29. The number of rotatable bonds is 2. The number of anilines is 1. The van der Waals surface area contributed by atoms with Gasteiger partial charge in [0, 0.05) is 19.3 Å². The smallest absolute Gasteiger partial charge is 0.374 e. The molecule has 0 aliphatic rings. The van der Waals surface area contributed by atoms with Gasteiger partial charge < -0.3 is 14.8 Å². The monoisotopic (exact) mass is 220 g/mol. The second kappa shape index (κ2) is 3.65. The number of hydrogen-bond acceptors (Lipinski definition) is 4. The van der Waals surface area contributed by atoms with Gasteiger partial charge >= 0.3 is 5.97 Å². The molecule has 16 heavy (non-hydrogen) atoms. The summed E-state index contributed by atoms with van der Waals surface area (Å²) in [5.74, 6) is -1.90. The topological polar surface area (TPSA) is 92.4 Å². The normalized spacial score (nSPS) is 10.3. The van der Waals surface area contributed by atoms with E-state index in [1.165, 1.54) is 25.4 Å². The van der Waals surface area contributed by atoms with E-state index >= 15 is 0 Å². The van der Waals surface area contributed by atoms with Crippen LogP contribution >= 0.6 is 0 Å². The van der Waals surface area contributed by atoms with Crippen molar-refractivity contribution in [1.82, 2.24) is 4.98 Å². The van der Waals surface area contributed by atoms with Crippen molar-refractivity contribution in [2.75, 3.05) is 5.32 Å². The third-order valence-corrected chi connectivity index (χ3v) is 1.98. The minimum absolute atomic E-state index is 0.142. The summed E-state index contributed by atoms with van der Waals surface area (Å²) in [6.07, 6.45) is 2.92. The Morgan fingerprint density at radius 3 is 2.88 bits per heavy atom. The van der Waals surface area contributed by atoms with Crippen LogP contribution < -0.4 is 5.32 Å². The van der Waals surface area contributed by atoms with Crippen LogP contribution in [0.2, 0.25) is 0 Å². The molecular weight excluding hydrogens is 212 g/mol. The number of carboxylic acids is 1.